The van der Waals surface area contributed by atoms with E-state index in [0.717, 1.165) is 17.1 Å². The molecule has 3 heteroatoms. The van der Waals surface area contributed by atoms with Gasteiger partial charge in [-0.3, -0.25) is 0 Å². The summed E-state index contributed by atoms with van der Waals surface area (Å²) in [4.78, 5) is 2.33. The highest BCUT2D eigenvalue weighted by Gasteiger charge is 2.16. The zero-order chi connectivity index (χ0) is 33.7. The van der Waals surface area contributed by atoms with E-state index in [-0.39, 0.29) is 0 Å². The van der Waals surface area contributed by atoms with Gasteiger partial charge in [0.05, 0.1) is 11.0 Å². The lowest BCUT2D eigenvalue weighted by Gasteiger charge is -2.26. The van der Waals surface area contributed by atoms with Crippen molar-refractivity contribution in [2.24, 2.45) is 0 Å². The molecule has 2 nitrogen and oxygen atoms in total. The van der Waals surface area contributed by atoms with Gasteiger partial charge in [0.15, 0.2) is 0 Å². The number of anilines is 3. The van der Waals surface area contributed by atoms with Crippen LogP contribution in [0.2, 0.25) is 0 Å². The Morgan fingerprint density at radius 2 is 0.824 bits per heavy atom. The normalized spacial score (nSPS) is 11.5. The summed E-state index contributed by atoms with van der Waals surface area (Å²) >= 11 is 1.86. The standard InChI is InChI=1S/C48H32N2S/c1-3-11-37(12-4-1)49(40-27-21-34(22-28-40)36-24-30-44-43-16-8-10-18-47(43)51-48(44)32-36)39-25-19-33(20-26-39)35-23-29-42-41-15-7-9-17-45(41)50(46(42)31-35)38-13-5-2-6-14-38/h1-32H. The molecule has 0 atom stereocenters. The summed E-state index contributed by atoms with van der Waals surface area (Å²) in [5.74, 6) is 0. The molecule has 0 spiro atoms. The number of para-hydroxylation sites is 3. The molecule has 0 bridgehead atoms. The first-order valence-electron chi connectivity index (χ1n) is 17.3. The minimum absolute atomic E-state index is 1.11. The maximum absolute atomic E-state index is 2.38. The van der Waals surface area contributed by atoms with Crippen LogP contribution in [-0.4, -0.2) is 4.57 Å². The number of hydrogen-bond donors (Lipinski definition) is 0. The summed E-state index contributed by atoms with van der Waals surface area (Å²) in [5, 5.41) is 5.19. The Balaban J connectivity index is 1.01. The Kier molecular flexibility index (Phi) is 7.04. The Labute approximate surface area is 300 Å². The Bertz CT molecular complexity index is 2830. The summed E-state index contributed by atoms with van der Waals surface area (Å²) in [5.41, 5.74) is 11.8. The first-order valence-corrected chi connectivity index (χ1v) is 18.2. The molecule has 8 aromatic carbocycles. The van der Waals surface area contributed by atoms with Crippen LogP contribution in [0, 0.1) is 0 Å². The van der Waals surface area contributed by atoms with Crippen molar-refractivity contribution in [2.75, 3.05) is 4.90 Å². The second kappa shape index (κ2) is 12.2. The van der Waals surface area contributed by atoms with Gasteiger partial charge in [0, 0.05) is 53.7 Å². The molecular weight excluding hydrogens is 637 g/mol. The molecule has 51 heavy (non-hydrogen) atoms. The molecule has 10 rings (SSSR count). The van der Waals surface area contributed by atoms with Gasteiger partial charge in [0.2, 0.25) is 0 Å². The maximum Gasteiger partial charge on any atom is 0.0547 e. The summed E-state index contributed by atoms with van der Waals surface area (Å²) in [7, 11) is 0. The summed E-state index contributed by atoms with van der Waals surface area (Å²) in [6, 6.07) is 70.3. The topological polar surface area (TPSA) is 8.17 Å². The largest absolute Gasteiger partial charge is 0.311 e. The fourth-order valence-electron chi connectivity index (χ4n) is 7.54. The highest BCUT2D eigenvalue weighted by atomic mass is 32.1. The molecule has 0 aliphatic heterocycles. The van der Waals surface area contributed by atoms with Crippen molar-refractivity contribution in [3.05, 3.63) is 194 Å². The van der Waals surface area contributed by atoms with Crippen LogP contribution in [-0.2, 0) is 0 Å². The summed E-state index contributed by atoms with van der Waals surface area (Å²) in [6.07, 6.45) is 0. The number of thiophene rings is 1. The average Bonchev–Trinajstić information content (AvgIpc) is 3.74. The molecule has 0 amide bonds. The second-order valence-corrected chi connectivity index (χ2v) is 14.1. The van der Waals surface area contributed by atoms with Crippen LogP contribution < -0.4 is 4.90 Å². The summed E-state index contributed by atoms with van der Waals surface area (Å²) in [6.45, 7) is 0. The monoisotopic (exact) mass is 668 g/mol. The third kappa shape index (κ3) is 5.10. The van der Waals surface area contributed by atoms with E-state index >= 15 is 0 Å². The third-order valence-electron chi connectivity index (χ3n) is 10.00. The van der Waals surface area contributed by atoms with Gasteiger partial charge < -0.3 is 9.47 Å². The number of fused-ring (bicyclic) bond motifs is 6. The third-order valence-corrected chi connectivity index (χ3v) is 11.1. The van der Waals surface area contributed by atoms with Crippen molar-refractivity contribution >= 4 is 70.4 Å². The van der Waals surface area contributed by atoms with E-state index in [2.05, 4.69) is 204 Å². The SMILES string of the molecule is c1ccc(N(c2ccc(-c3ccc4c(c3)sc3ccccc34)cc2)c2ccc(-c3ccc4c5ccccc5n(-c5ccccc5)c4c3)cc2)cc1. The van der Waals surface area contributed by atoms with Crippen molar-refractivity contribution in [3.63, 3.8) is 0 Å². The van der Waals surface area contributed by atoms with Crippen LogP contribution >= 0.6 is 11.3 Å². The van der Waals surface area contributed by atoms with Gasteiger partial charge in [0.1, 0.15) is 0 Å². The zero-order valence-corrected chi connectivity index (χ0v) is 28.6. The van der Waals surface area contributed by atoms with Gasteiger partial charge in [-0.15, -0.1) is 11.3 Å². The molecule has 0 saturated heterocycles. The lowest BCUT2D eigenvalue weighted by atomic mass is 10.0. The van der Waals surface area contributed by atoms with Crippen LogP contribution in [0.15, 0.2) is 194 Å². The lowest BCUT2D eigenvalue weighted by Crippen LogP contribution is -2.09. The molecule has 2 heterocycles. The quantitative estimate of drug-likeness (QED) is 0.171. The fourth-order valence-corrected chi connectivity index (χ4v) is 8.69. The van der Waals surface area contributed by atoms with Crippen molar-refractivity contribution in [3.8, 4) is 27.9 Å². The van der Waals surface area contributed by atoms with Crippen LogP contribution in [0.4, 0.5) is 17.1 Å². The van der Waals surface area contributed by atoms with Crippen molar-refractivity contribution < 1.29 is 0 Å². The molecular formula is C48H32N2S. The first kappa shape index (κ1) is 29.5. The minimum atomic E-state index is 1.11. The van der Waals surface area contributed by atoms with Crippen molar-refractivity contribution in [1.82, 2.24) is 4.57 Å². The summed E-state index contributed by atoms with van der Waals surface area (Å²) < 4.78 is 5.04. The predicted octanol–water partition coefficient (Wildman–Crippen LogP) is 14.0. The fraction of sp³-hybridized carbons (Fsp3) is 0. The van der Waals surface area contributed by atoms with Crippen molar-refractivity contribution in [2.45, 2.75) is 0 Å². The molecule has 240 valence electrons. The van der Waals surface area contributed by atoms with Gasteiger partial charge in [-0.1, -0.05) is 121 Å². The molecule has 2 aromatic heterocycles. The van der Waals surface area contributed by atoms with E-state index in [1.165, 1.54) is 69.9 Å². The number of benzene rings is 8. The minimum Gasteiger partial charge on any atom is -0.311 e. The molecule has 0 fully saturated rings. The van der Waals surface area contributed by atoms with E-state index in [1.807, 2.05) is 11.3 Å². The van der Waals surface area contributed by atoms with E-state index in [0.29, 0.717) is 0 Å². The smallest absolute Gasteiger partial charge is 0.0547 e. The van der Waals surface area contributed by atoms with Gasteiger partial charge in [-0.25, -0.2) is 0 Å². The van der Waals surface area contributed by atoms with E-state index < -0.39 is 0 Å². The van der Waals surface area contributed by atoms with Gasteiger partial charge in [-0.05, 0) is 95.1 Å². The first-order chi connectivity index (χ1) is 25.3. The molecule has 0 N–H and O–H groups in total. The van der Waals surface area contributed by atoms with E-state index in [1.54, 1.807) is 0 Å². The predicted molar refractivity (Wildman–Crippen MR) is 219 cm³/mol. The molecule has 10 aromatic rings. The Hall–Kier alpha value is -6.42. The average molecular weight is 669 g/mol. The molecule has 0 unspecified atom stereocenters. The molecule has 0 aliphatic carbocycles. The van der Waals surface area contributed by atoms with E-state index in [4.69, 9.17) is 0 Å². The zero-order valence-electron chi connectivity index (χ0n) is 27.8. The highest BCUT2D eigenvalue weighted by Crippen LogP contribution is 2.40. The second-order valence-electron chi connectivity index (χ2n) is 13.0. The number of nitrogens with zero attached hydrogens (tertiary/aromatic N) is 2. The van der Waals surface area contributed by atoms with Crippen LogP contribution in [0.3, 0.4) is 0 Å². The van der Waals surface area contributed by atoms with Crippen LogP contribution in [0.25, 0.3) is 69.9 Å². The van der Waals surface area contributed by atoms with Gasteiger partial charge in [0.25, 0.3) is 0 Å². The molecule has 0 radical (unpaired) electrons. The van der Waals surface area contributed by atoms with Crippen LogP contribution in [0.1, 0.15) is 0 Å². The molecule has 0 saturated carbocycles. The highest BCUT2D eigenvalue weighted by molar-refractivity contribution is 7.25. The van der Waals surface area contributed by atoms with Crippen LogP contribution in [0.5, 0.6) is 0 Å². The number of hydrogen-bond acceptors (Lipinski definition) is 2. The number of rotatable bonds is 6. The van der Waals surface area contributed by atoms with Gasteiger partial charge in [-0.2, -0.15) is 0 Å². The lowest BCUT2D eigenvalue weighted by molar-refractivity contribution is 1.18. The Morgan fingerprint density at radius 3 is 1.53 bits per heavy atom. The van der Waals surface area contributed by atoms with E-state index in [9.17, 15) is 0 Å². The molecule has 0 aliphatic rings. The van der Waals surface area contributed by atoms with Gasteiger partial charge >= 0.3 is 0 Å². The Morgan fingerprint density at radius 1 is 0.333 bits per heavy atom. The van der Waals surface area contributed by atoms with Crippen molar-refractivity contribution in [1.29, 1.82) is 0 Å². The maximum atomic E-state index is 2.38. The number of aromatic nitrogens is 1.